The Morgan fingerprint density at radius 1 is 1.17 bits per heavy atom. The van der Waals surface area contributed by atoms with Gasteiger partial charge in [-0.2, -0.15) is 0 Å². The zero-order valence-corrected chi connectivity index (χ0v) is 14.3. The SMILES string of the molecule is COc1ccccc1NC(=O)C[NH+](C)Cc1ccc(C)cc1C. The Morgan fingerprint density at radius 2 is 1.91 bits per heavy atom. The Hall–Kier alpha value is -2.33. The molecule has 0 radical (unpaired) electrons. The minimum absolute atomic E-state index is 0.0169. The van der Waals surface area contributed by atoms with Crippen LogP contribution in [0.4, 0.5) is 5.69 Å². The molecular formula is C19H25N2O2+. The molecule has 4 heteroatoms. The van der Waals surface area contributed by atoms with Gasteiger partial charge in [0.15, 0.2) is 6.54 Å². The first kappa shape index (κ1) is 17.0. The number of quaternary nitrogens is 1. The van der Waals surface area contributed by atoms with Crippen molar-refractivity contribution in [3.8, 4) is 5.75 Å². The van der Waals surface area contributed by atoms with E-state index in [0.717, 1.165) is 11.4 Å². The third kappa shape index (κ3) is 4.83. The molecule has 2 N–H and O–H groups in total. The number of nitrogens with one attached hydrogen (secondary N) is 2. The van der Waals surface area contributed by atoms with Gasteiger partial charge >= 0.3 is 0 Å². The summed E-state index contributed by atoms with van der Waals surface area (Å²) in [6.07, 6.45) is 0. The van der Waals surface area contributed by atoms with E-state index >= 15 is 0 Å². The second kappa shape index (κ2) is 7.79. The Morgan fingerprint density at radius 3 is 2.61 bits per heavy atom. The van der Waals surface area contributed by atoms with Crippen LogP contribution in [0.5, 0.6) is 5.75 Å². The summed E-state index contributed by atoms with van der Waals surface area (Å²) >= 11 is 0. The van der Waals surface area contributed by atoms with Crippen molar-refractivity contribution in [3.05, 3.63) is 59.2 Å². The van der Waals surface area contributed by atoms with Crippen molar-refractivity contribution in [2.75, 3.05) is 26.0 Å². The van der Waals surface area contributed by atoms with Gasteiger partial charge in [0.25, 0.3) is 5.91 Å². The molecule has 23 heavy (non-hydrogen) atoms. The van der Waals surface area contributed by atoms with Crippen LogP contribution in [0, 0.1) is 13.8 Å². The summed E-state index contributed by atoms with van der Waals surface area (Å²) in [5, 5.41) is 2.92. The third-order valence-corrected chi connectivity index (χ3v) is 3.83. The fourth-order valence-electron chi connectivity index (χ4n) is 2.65. The lowest BCUT2D eigenvalue weighted by molar-refractivity contribution is -0.885. The second-order valence-electron chi connectivity index (χ2n) is 5.99. The number of benzene rings is 2. The van der Waals surface area contributed by atoms with E-state index in [-0.39, 0.29) is 5.91 Å². The van der Waals surface area contributed by atoms with Gasteiger partial charge in [0.05, 0.1) is 19.8 Å². The first-order valence-electron chi connectivity index (χ1n) is 7.80. The predicted octanol–water partition coefficient (Wildman–Crippen LogP) is 1.97. The number of carbonyl (C=O) groups excluding carboxylic acids is 1. The van der Waals surface area contributed by atoms with Crippen LogP contribution in [-0.2, 0) is 11.3 Å². The second-order valence-corrected chi connectivity index (χ2v) is 5.99. The number of anilines is 1. The zero-order chi connectivity index (χ0) is 16.8. The molecule has 0 fully saturated rings. The van der Waals surface area contributed by atoms with Gasteiger partial charge in [0.1, 0.15) is 12.3 Å². The average molecular weight is 313 g/mol. The highest BCUT2D eigenvalue weighted by Gasteiger charge is 2.13. The number of rotatable bonds is 6. The highest BCUT2D eigenvalue weighted by atomic mass is 16.5. The summed E-state index contributed by atoms with van der Waals surface area (Å²) in [5.41, 5.74) is 4.52. The van der Waals surface area contributed by atoms with E-state index in [4.69, 9.17) is 4.74 Å². The molecule has 0 aliphatic heterocycles. The van der Waals surface area contributed by atoms with Gasteiger partial charge in [0, 0.05) is 5.56 Å². The molecule has 0 heterocycles. The summed E-state index contributed by atoms with van der Waals surface area (Å²) in [6.45, 7) is 5.44. The van der Waals surface area contributed by atoms with E-state index in [9.17, 15) is 4.79 Å². The Bertz CT molecular complexity index is 683. The van der Waals surface area contributed by atoms with Gasteiger partial charge in [-0.15, -0.1) is 0 Å². The molecule has 1 amide bonds. The summed E-state index contributed by atoms with van der Waals surface area (Å²) in [7, 11) is 3.63. The number of aryl methyl sites for hydroxylation is 2. The maximum absolute atomic E-state index is 12.2. The van der Waals surface area contributed by atoms with E-state index in [1.54, 1.807) is 7.11 Å². The number of hydrogen-bond acceptors (Lipinski definition) is 2. The molecule has 1 atom stereocenters. The van der Waals surface area contributed by atoms with Crippen molar-refractivity contribution < 1.29 is 14.4 Å². The van der Waals surface area contributed by atoms with Crippen LogP contribution in [0.1, 0.15) is 16.7 Å². The molecular weight excluding hydrogens is 288 g/mol. The number of carbonyl (C=O) groups is 1. The minimum Gasteiger partial charge on any atom is -0.495 e. The van der Waals surface area contributed by atoms with E-state index in [1.165, 1.54) is 16.7 Å². The van der Waals surface area contributed by atoms with Gasteiger partial charge in [-0.1, -0.05) is 35.9 Å². The molecule has 0 aromatic heterocycles. The Kier molecular flexibility index (Phi) is 5.77. The van der Waals surface area contributed by atoms with Crippen LogP contribution in [0.2, 0.25) is 0 Å². The standard InChI is InChI=1S/C19H24N2O2/c1-14-9-10-16(15(2)11-14)12-21(3)13-19(22)20-17-7-5-6-8-18(17)23-4/h5-11H,12-13H2,1-4H3,(H,20,22)/p+1. The lowest BCUT2D eigenvalue weighted by atomic mass is 10.1. The number of para-hydroxylation sites is 2. The first-order chi connectivity index (χ1) is 11.0. The summed E-state index contributed by atoms with van der Waals surface area (Å²) in [5.74, 6) is 0.657. The molecule has 2 aromatic carbocycles. The highest BCUT2D eigenvalue weighted by molar-refractivity contribution is 5.92. The fraction of sp³-hybridized carbons (Fsp3) is 0.316. The number of ether oxygens (including phenoxy) is 1. The fourth-order valence-corrected chi connectivity index (χ4v) is 2.65. The summed E-state index contributed by atoms with van der Waals surface area (Å²) in [4.78, 5) is 13.4. The monoisotopic (exact) mass is 313 g/mol. The zero-order valence-electron chi connectivity index (χ0n) is 14.3. The maximum atomic E-state index is 12.2. The number of hydrogen-bond donors (Lipinski definition) is 2. The molecule has 0 aliphatic rings. The normalized spacial score (nSPS) is 11.8. The van der Waals surface area contributed by atoms with Crippen LogP contribution in [0.25, 0.3) is 0 Å². The van der Waals surface area contributed by atoms with Gasteiger partial charge in [-0.3, -0.25) is 4.79 Å². The van der Waals surface area contributed by atoms with Crippen molar-refractivity contribution in [3.63, 3.8) is 0 Å². The van der Waals surface area contributed by atoms with Crippen molar-refractivity contribution in [2.24, 2.45) is 0 Å². The molecule has 0 saturated heterocycles. The third-order valence-electron chi connectivity index (χ3n) is 3.83. The van der Waals surface area contributed by atoms with E-state index < -0.39 is 0 Å². The smallest absolute Gasteiger partial charge is 0.279 e. The maximum Gasteiger partial charge on any atom is 0.279 e. The van der Waals surface area contributed by atoms with E-state index in [1.807, 2.05) is 31.3 Å². The molecule has 122 valence electrons. The van der Waals surface area contributed by atoms with Crippen LogP contribution in [-0.4, -0.2) is 26.6 Å². The van der Waals surface area contributed by atoms with Crippen LogP contribution >= 0.6 is 0 Å². The molecule has 0 spiro atoms. The van der Waals surface area contributed by atoms with Crippen molar-refractivity contribution in [2.45, 2.75) is 20.4 Å². The van der Waals surface area contributed by atoms with Gasteiger partial charge < -0.3 is 15.0 Å². The minimum atomic E-state index is -0.0169. The lowest BCUT2D eigenvalue weighted by Gasteiger charge is -2.16. The van der Waals surface area contributed by atoms with Crippen molar-refractivity contribution >= 4 is 11.6 Å². The van der Waals surface area contributed by atoms with Gasteiger partial charge in [-0.05, 0) is 31.5 Å². The molecule has 0 saturated carbocycles. The molecule has 0 bridgehead atoms. The molecule has 0 aliphatic carbocycles. The Balaban J connectivity index is 1.94. The summed E-state index contributed by atoms with van der Waals surface area (Å²) in [6, 6.07) is 13.9. The largest absolute Gasteiger partial charge is 0.495 e. The van der Waals surface area contributed by atoms with E-state index in [2.05, 4.69) is 37.4 Å². The number of likely N-dealkylation sites (N-methyl/N-ethyl adjacent to an activating group) is 1. The molecule has 4 nitrogen and oxygen atoms in total. The van der Waals surface area contributed by atoms with Gasteiger partial charge in [-0.25, -0.2) is 0 Å². The summed E-state index contributed by atoms with van der Waals surface area (Å²) < 4.78 is 5.25. The van der Waals surface area contributed by atoms with E-state index in [0.29, 0.717) is 18.0 Å². The van der Waals surface area contributed by atoms with Crippen LogP contribution in [0.3, 0.4) is 0 Å². The first-order valence-corrected chi connectivity index (χ1v) is 7.80. The van der Waals surface area contributed by atoms with Crippen LogP contribution < -0.4 is 15.0 Å². The molecule has 2 rings (SSSR count). The van der Waals surface area contributed by atoms with Gasteiger partial charge in [0.2, 0.25) is 0 Å². The number of methoxy groups -OCH3 is 1. The Labute approximate surface area is 138 Å². The molecule has 1 unspecified atom stereocenters. The van der Waals surface area contributed by atoms with Crippen molar-refractivity contribution in [1.29, 1.82) is 0 Å². The van der Waals surface area contributed by atoms with Crippen molar-refractivity contribution in [1.82, 2.24) is 0 Å². The topological polar surface area (TPSA) is 42.8 Å². The average Bonchev–Trinajstić information content (AvgIpc) is 2.50. The molecule has 2 aromatic rings. The lowest BCUT2D eigenvalue weighted by Crippen LogP contribution is -3.08. The highest BCUT2D eigenvalue weighted by Crippen LogP contribution is 2.22. The quantitative estimate of drug-likeness (QED) is 0.856. The predicted molar refractivity (Wildman–Crippen MR) is 93.0 cm³/mol. The van der Waals surface area contributed by atoms with Crippen LogP contribution in [0.15, 0.2) is 42.5 Å². The number of amides is 1.